The van der Waals surface area contributed by atoms with E-state index < -0.39 is 0 Å². The van der Waals surface area contributed by atoms with E-state index in [0.717, 1.165) is 16.3 Å². The van der Waals surface area contributed by atoms with Gasteiger partial charge in [-0.05, 0) is 43.1 Å². The number of hydrogen-bond acceptors (Lipinski definition) is 0. The Labute approximate surface area is 130 Å². The molecule has 1 heteroatoms. The summed E-state index contributed by atoms with van der Waals surface area (Å²) in [4.78, 5) is 0. The number of fused-ring (bicyclic) bond motifs is 2. The first-order chi connectivity index (χ1) is 10.3. The van der Waals surface area contributed by atoms with Crippen LogP contribution in [0.1, 0.15) is 0 Å². The van der Waals surface area contributed by atoms with Crippen molar-refractivity contribution in [3.63, 3.8) is 0 Å². The third-order valence-electron chi connectivity index (χ3n) is 4.72. The zero-order chi connectivity index (χ0) is 14.0. The maximum atomic E-state index is 2.31. The van der Waals surface area contributed by atoms with Crippen LogP contribution in [0.2, 0.25) is 0 Å². The minimum Gasteiger partial charge on any atom is -0.113 e. The minimum atomic E-state index is 1.08. The van der Waals surface area contributed by atoms with E-state index >= 15 is 0 Å². The van der Waals surface area contributed by atoms with Crippen molar-refractivity contribution < 1.29 is 0 Å². The van der Waals surface area contributed by atoms with Gasteiger partial charge in [-0.3, -0.25) is 0 Å². The monoisotopic (exact) mass is 280 g/mol. The lowest BCUT2D eigenvalue weighted by molar-refractivity contribution is 1.80. The fourth-order valence-corrected chi connectivity index (χ4v) is 4.51. The van der Waals surface area contributed by atoms with Crippen LogP contribution in [0.4, 0.5) is 0 Å². The molecule has 0 atom stereocenters. The van der Waals surface area contributed by atoms with Crippen LogP contribution in [0, 0.1) is 0 Å². The van der Waals surface area contributed by atoms with Crippen molar-refractivity contribution in [2.75, 3.05) is 0 Å². The van der Waals surface area contributed by atoms with E-state index in [1.54, 1.807) is 0 Å². The molecule has 21 heavy (non-hydrogen) atoms. The highest BCUT2D eigenvalue weighted by molar-refractivity contribution is 6.46. The largest absolute Gasteiger partial charge is 0.259 e. The van der Waals surface area contributed by atoms with E-state index in [0.29, 0.717) is 0 Å². The minimum absolute atomic E-state index is 1.08. The fraction of sp³-hybridized carbons (Fsp3) is 0. The molecule has 0 unspecified atom stereocenters. The fourth-order valence-electron chi connectivity index (χ4n) is 3.83. The highest BCUT2D eigenvalue weighted by atomic mass is 27.0. The van der Waals surface area contributed by atoms with Gasteiger partial charge in [0, 0.05) is 0 Å². The molecule has 0 radical (unpaired) electrons. The predicted octanol–water partition coefficient (Wildman–Crippen LogP) is 4.00. The Morgan fingerprint density at radius 2 is 1.05 bits per heavy atom. The maximum Gasteiger partial charge on any atom is 0.259 e. The van der Waals surface area contributed by atoms with Gasteiger partial charge in [-0.2, -0.15) is 0 Å². The van der Waals surface area contributed by atoms with Crippen LogP contribution in [-0.4, -0.2) is 16.3 Å². The average Bonchev–Trinajstić information content (AvgIpc) is 2.53. The van der Waals surface area contributed by atoms with Gasteiger partial charge in [0.1, 0.15) is 0 Å². The van der Waals surface area contributed by atoms with Crippen molar-refractivity contribution in [2.24, 2.45) is 0 Å². The van der Waals surface area contributed by atoms with Gasteiger partial charge in [-0.1, -0.05) is 66.7 Å². The standard InChI is InChI=1S/C20H11.Al.2H/c1-5-13-6-2-11-17-18-12-4-8-14-7-3-10-16(20(14)18)15(9-1)19(13)17;;;/h1-11H;;;. The predicted molar refractivity (Wildman–Crippen MR) is 95.8 cm³/mol. The molecule has 0 nitrogen and oxygen atoms in total. The van der Waals surface area contributed by atoms with Crippen LogP contribution in [0.15, 0.2) is 66.7 Å². The second kappa shape index (κ2) is 3.98. The van der Waals surface area contributed by atoms with Crippen LogP contribution in [0.3, 0.4) is 0 Å². The van der Waals surface area contributed by atoms with Crippen molar-refractivity contribution >= 4 is 63.8 Å². The molecule has 0 aromatic heterocycles. The van der Waals surface area contributed by atoms with Crippen molar-refractivity contribution in [1.29, 1.82) is 0 Å². The molecule has 5 rings (SSSR count). The zero-order valence-corrected chi connectivity index (χ0v) is 13.9. The summed E-state index contributed by atoms with van der Waals surface area (Å²) in [5.41, 5.74) is 0. The lowest BCUT2D eigenvalue weighted by Crippen LogP contribution is -2.04. The molecule has 0 bridgehead atoms. The van der Waals surface area contributed by atoms with Crippen molar-refractivity contribution in [3.05, 3.63) is 66.7 Å². The Bertz CT molecular complexity index is 1130. The topological polar surface area (TPSA) is 0 Å². The maximum absolute atomic E-state index is 2.31. The Kier molecular flexibility index (Phi) is 2.20. The van der Waals surface area contributed by atoms with E-state index in [2.05, 4.69) is 66.7 Å². The lowest BCUT2D eigenvalue weighted by atomic mass is 9.90. The third kappa shape index (κ3) is 1.40. The molecule has 0 aliphatic carbocycles. The van der Waals surface area contributed by atoms with Gasteiger partial charge in [0.15, 0.2) is 0 Å². The van der Waals surface area contributed by atoms with E-state index in [4.69, 9.17) is 0 Å². The summed E-state index contributed by atoms with van der Waals surface area (Å²) in [5.74, 6) is 0. The Morgan fingerprint density at radius 3 is 1.76 bits per heavy atom. The molecule has 0 spiro atoms. The van der Waals surface area contributed by atoms with Crippen LogP contribution in [0.5, 0.6) is 0 Å². The van der Waals surface area contributed by atoms with Gasteiger partial charge in [0.05, 0.1) is 0 Å². The summed E-state index contributed by atoms with van der Waals surface area (Å²) in [5, 5.41) is 11.2. The molecule has 0 aliphatic heterocycles. The van der Waals surface area contributed by atoms with Gasteiger partial charge in [0.25, 0.3) is 16.3 Å². The molecule has 0 aliphatic rings. The summed E-state index contributed by atoms with van der Waals surface area (Å²) < 4.78 is 1.50. The second-order valence-corrected chi connectivity index (χ2v) is 6.95. The SMILES string of the molecule is [AlH2][c]1ccc2cccc3c4cccc5cccc(c1c23)c54. The number of hydrogen-bond donors (Lipinski definition) is 0. The van der Waals surface area contributed by atoms with Gasteiger partial charge in [0.2, 0.25) is 0 Å². The average molecular weight is 280 g/mol. The normalized spacial score (nSPS) is 12.0. The van der Waals surface area contributed by atoms with Crippen LogP contribution >= 0.6 is 0 Å². The second-order valence-electron chi connectivity index (χ2n) is 5.87. The highest BCUT2D eigenvalue weighted by Crippen LogP contribution is 2.38. The number of rotatable bonds is 0. The quantitative estimate of drug-likeness (QED) is 0.228. The summed E-state index contributed by atoms with van der Waals surface area (Å²) in [6.07, 6.45) is 0. The van der Waals surface area contributed by atoms with Crippen molar-refractivity contribution in [3.8, 4) is 0 Å². The zero-order valence-electron chi connectivity index (χ0n) is 11.9. The molecule has 0 saturated carbocycles. The van der Waals surface area contributed by atoms with Crippen molar-refractivity contribution in [2.45, 2.75) is 0 Å². The Morgan fingerprint density at radius 1 is 0.476 bits per heavy atom. The molecule has 0 N–H and O–H groups in total. The van der Waals surface area contributed by atoms with Gasteiger partial charge in [-0.25, -0.2) is 0 Å². The molecule has 0 heterocycles. The summed E-state index contributed by atoms with van der Waals surface area (Å²) in [7, 11) is 0. The van der Waals surface area contributed by atoms with Gasteiger partial charge in [-0.15, -0.1) is 4.43 Å². The molecule has 0 saturated heterocycles. The van der Waals surface area contributed by atoms with E-state index in [9.17, 15) is 0 Å². The van der Waals surface area contributed by atoms with E-state index in [1.807, 2.05) is 0 Å². The Hall–Kier alpha value is -2.07. The molecule has 0 fully saturated rings. The molecular weight excluding hydrogens is 267 g/mol. The van der Waals surface area contributed by atoms with E-state index in [-0.39, 0.29) is 0 Å². The molecule has 5 aromatic rings. The first-order valence-corrected chi connectivity index (χ1v) is 8.39. The summed E-state index contributed by atoms with van der Waals surface area (Å²) in [6, 6.07) is 24.6. The van der Waals surface area contributed by atoms with Gasteiger partial charge < -0.3 is 0 Å². The first kappa shape index (κ1) is 11.6. The molecule has 96 valence electrons. The smallest absolute Gasteiger partial charge is 0.113 e. The third-order valence-corrected chi connectivity index (χ3v) is 5.55. The summed E-state index contributed by atoms with van der Waals surface area (Å²) >= 11 is 1.08. The molecule has 0 amide bonds. The van der Waals surface area contributed by atoms with Gasteiger partial charge >= 0.3 is 0 Å². The lowest BCUT2D eigenvalue weighted by Gasteiger charge is -2.16. The van der Waals surface area contributed by atoms with E-state index in [1.165, 1.54) is 47.5 Å². The highest BCUT2D eigenvalue weighted by Gasteiger charge is 2.12. The molecule has 5 aromatic carbocycles. The van der Waals surface area contributed by atoms with Crippen molar-refractivity contribution in [1.82, 2.24) is 0 Å². The van der Waals surface area contributed by atoms with Crippen LogP contribution in [-0.2, 0) is 0 Å². The first-order valence-electron chi connectivity index (χ1n) is 7.39. The number of benzene rings is 5. The molecular formula is C20H13Al. The van der Waals surface area contributed by atoms with Crippen LogP contribution < -0.4 is 4.43 Å². The van der Waals surface area contributed by atoms with Crippen LogP contribution in [0.25, 0.3) is 43.1 Å². The summed E-state index contributed by atoms with van der Waals surface area (Å²) in [6.45, 7) is 0. The Balaban J connectivity index is 2.32.